The minimum absolute atomic E-state index is 0.0109. The van der Waals surface area contributed by atoms with Gasteiger partial charge in [-0.25, -0.2) is 13.2 Å². The normalized spacial score (nSPS) is 17.4. The SMILES string of the molecule is COC(=O)NC(=NC(CC1CC[Si](C)(C)CC1)C(=O)NC(C)(C)C#N)c1cccc(CCS(C)(=O)=O)c1. The van der Waals surface area contributed by atoms with Crippen LogP contribution in [0.1, 0.15) is 44.2 Å². The number of nitriles is 1. The first-order valence-corrected chi connectivity index (χ1v) is 18.0. The summed E-state index contributed by atoms with van der Waals surface area (Å²) in [5.41, 5.74) is 0.215. The Morgan fingerprint density at radius 1 is 1.27 bits per heavy atom. The van der Waals surface area contributed by atoms with E-state index in [9.17, 15) is 23.3 Å². The molecular weight excluding hydrogens is 508 g/mol. The number of aliphatic imine (C=N–C) groups is 1. The molecule has 9 nitrogen and oxygen atoms in total. The third kappa shape index (κ3) is 10.7. The van der Waals surface area contributed by atoms with Crippen molar-refractivity contribution in [1.82, 2.24) is 10.6 Å². The summed E-state index contributed by atoms with van der Waals surface area (Å²) in [7, 11) is -3.10. The lowest BCUT2D eigenvalue weighted by atomic mass is 9.93. The smallest absolute Gasteiger partial charge is 0.412 e. The number of methoxy groups -OCH3 is 1. The number of carbonyl (C=O) groups excluding carboxylic acids is 2. The maximum absolute atomic E-state index is 13.3. The highest BCUT2D eigenvalue weighted by Gasteiger charge is 2.33. The van der Waals surface area contributed by atoms with Gasteiger partial charge in [0, 0.05) is 19.9 Å². The van der Waals surface area contributed by atoms with E-state index >= 15 is 0 Å². The highest BCUT2D eigenvalue weighted by molar-refractivity contribution is 7.90. The number of aryl methyl sites for hydroxylation is 1. The molecule has 1 saturated heterocycles. The van der Waals surface area contributed by atoms with Crippen LogP contribution in [0.25, 0.3) is 0 Å². The Morgan fingerprint density at radius 3 is 2.49 bits per heavy atom. The van der Waals surface area contributed by atoms with Crippen LogP contribution in [0.2, 0.25) is 25.2 Å². The number of rotatable bonds is 9. The summed E-state index contributed by atoms with van der Waals surface area (Å²) in [4.78, 5) is 30.3. The van der Waals surface area contributed by atoms with E-state index in [4.69, 9.17) is 9.73 Å². The fourth-order valence-corrected chi connectivity index (χ4v) is 7.54. The molecule has 0 radical (unpaired) electrons. The summed E-state index contributed by atoms with van der Waals surface area (Å²) in [6.07, 6.45) is 3.31. The molecule has 1 fully saturated rings. The predicted molar refractivity (Wildman–Crippen MR) is 148 cm³/mol. The van der Waals surface area contributed by atoms with Crippen molar-refractivity contribution >= 4 is 35.7 Å². The molecule has 1 aromatic carbocycles. The maximum Gasteiger partial charge on any atom is 0.412 e. The molecule has 0 saturated carbocycles. The fourth-order valence-electron chi connectivity index (χ4n) is 4.31. The van der Waals surface area contributed by atoms with Crippen LogP contribution in [0.3, 0.4) is 0 Å². The number of alkyl carbamates (subject to hydrolysis) is 1. The number of hydrogen-bond donors (Lipinski definition) is 2. The number of amidine groups is 1. The summed E-state index contributed by atoms with van der Waals surface area (Å²) in [6.45, 7) is 8.02. The molecule has 1 aliphatic heterocycles. The molecule has 2 rings (SSSR count). The van der Waals surface area contributed by atoms with E-state index in [2.05, 4.69) is 29.8 Å². The number of nitrogens with zero attached hydrogens (tertiary/aromatic N) is 2. The second-order valence-corrected chi connectivity index (χ2v) is 18.8. The van der Waals surface area contributed by atoms with Gasteiger partial charge in [-0.3, -0.25) is 15.1 Å². The van der Waals surface area contributed by atoms with E-state index in [1.807, 2.05) is 0 Å². The first-order valence-electron chi connectivity index (χ1n) is 12.6. The van der Waals surface area contributed by atoms with Crippen molar-refractivity contribution in [1.29, 1.82) is 5.26 Å². The molecule has 0 bridgehead atoms. The van der Waals surface area contributed by atoms with Crippen molar-refractivity contribution < 1.29 is 22.7 Å². The van der Waals surface area contributed by atoms with Crippen LogP contribution in [0.4, 0.5) is 4.79 Å². The second-order valence-electron chi connectivity index (χ2n) is 11.3. The van der Waals surface area contributed by atoms with Crippen LogP contribution in [0, 0.1) is 17.2 Å². The zero-order chi connectivity index (χ0) is 27.9. The predicted octanol–water partition coefficient (Wildman–Crippen LogP) is 3.67. The number of ether oxygens (including phenoxy) is 1. The minimum atomic E-state index is -3.15. The molecule has 1 heterocycles. The van der Waals surface area contributed by atoms with Crippen LogP contribution in [-0.4, -0.2) is 65.0 Å². The molecular formula is C26H40N4O5SSi. The van der Waals surface area contributed by atoms with E-state index < -0.39 is 35.6 Å². The van der Waals surface area contributed by atoms with E-state index in [-0.39, 0.29) is 17.5 Å². The van der Waals surface area contributed by atoms with Gasteiger partial charge in [0.1, 0.15) is 27.3 Å². The Balaban J connectivity index is 2.44. The zero-order valence-corrected chi connectivity index (χ0v) is 24.6. The topological polar surface area (TPSA) is 138 Å². The van der Waals surface area contributed by atoms with Gasteiger partial charge in [-0.2, -0.15) is 5.26 Å². The Bertz CT molecular complexity index is 1150. The van der Waals surface area contributed by atoms with Crippen molar-refractivity contribution in [2.75, 3.05) is 19.1 Å². The summed E-state index contributed by atoms with van der Waals surface area (Å²) < 4.78 is 28.1. The molecule has 2 N–H and O–H groups in total. The van der Waals surface area contributed by atoms with Gasteiger partial charge >= 0.3 is 6.09 Å². The molecule has 2 amide bonds. The van der Waals surface area contributed by atoms with Gasteiger partial charge in [0.25, 0.3) is 0 Å². The second kappa shape index (κ2) is 12.7. The van der Waals surface area contributed by atoms with Gasteiger partial charge in [-0.05, 0) is 44.2 Å². The molecule has 37 heavy (non-hydrogen) atoms. The van der Waals surface area contributed by atoms with Crippen LogP contribution < -0.4 is 10.6 Å². The van der Waals surface area contributed by atoms with E-state index in [0.717, 1.165) is 18.4 Å². The molecule has 0 spiro atoms. The van der Waals surface area contributed by atoms with Gasteiger partial charge in [-0.15, -0.1) is 0 Å². The van der Waals surface area contributed by atoms with Gasteiger partial charge in [0.05, 0.1) is 18.9 Å². The van der Waals surface area contributed by atoms with Crippen LogP contribution in [0.5, 0.6) is 0 Å². The van der Waals surface area contributed by atoms with Crippen molar-refractivity contribution in [3.63, 3.8) is 0 Å². The lowest BCUT2D eigenvalue weighted by molar-refractivity contribution is -0.123. The van der Waals surface area contributed by atoms with Crippen molar-refractivity contribution in [2.45, 2.75) is 76.3 Å². The number of sulfone groups is 1. The number of hydrogen-bond acceptors (Lipinski definition) is 7. The van der Waals surface area contributed by atoms with Gasteiger partial charge in [-0.1, -0.05) is 56.2 Å². The van der Waals surface area contributed by atoms with Crippen molar-refractivity contribution in [3.8, 4) is 6.07 Å². The Labute approximate surface area is 222 Å². The Kier molecular flexibility index (Phi) is 10.5. The molecule has 204 valence electrons. The third-order valence-corrected chi connectivity index (χ3v) is 10.9. The summed E-state index contributed by atoms with van der Waals surface area (Å²) in [5.74, 6) is 0.0772. The van der Waals surface area contributed by atoms with Crippen molar-refractivity contribution in [2.24, 2.45) is 10.9 Å². The standard InChI is InChI=1S/C26H40N4O5SSi/c1-26(2,18-27)30-24(31)22(17-20-11-14-37(5,6)15-12-20)28-23(29-25(32)35-3)21-9-7-8-19(16-21)10-13-36(4,33)34/h7-9,16,20,22H,10-15,17H2,1-6H3,(H,30,31)(H,28,29,32). The molecule has 1 aromatic rings. The molecule has 11 heteroatoms. The average Bonchev–Trinajstić information content (AvgIpc) is 2.82. The monoisotopic (exact) mass is 548 g/mol. The maximum atomic E-state index is 13.3. The number of amides is 2. The largest absolute Gasteiger partial charge is 0.453 e. The molecule has 0 aromatic heterocycles. The molecule has 0 aliphatic carbocycles. The third-order valence-electron chi connectivity index (χ3n) is 6.69. The number of nitrogens with one attached hydrogen (secondary N) is 2. The van der Waals surface area contributed by atoms with E-state index in [0.29, 0.717) is 24.3 Å². The number of carbonyl (C=O) groups is 2. The average molecular weight is 549 g/mol. The van der Waals surface area contributed by atoms with Gasteiger partial charge < -0.3 is 10.1 Å². The highest BCUT2D eigenvalue weighted by Crippen LogP contribution is 2.35. The first-order chi connectivity index (χ1) is 17.1. The Morgan fingerprint density at radius 2 is 1.92 bits per heavy atom. The zero-order valence-electron chi connectivity index (χ0n) is 22.8. The van der Waals surface area contributed by atoms with Crippen molar-refractivity contribution in [3.05, 3.63) is 35.4 Å². The molecule has 1 unspecified atom stereocenters. The van der Waals surface area contributed by atoms with Crippen LogP contribution in [-0.2, 0) is 25.8 Å². The molecule has 1 atom stereocenters. The lowest BCUT2D eigenvalue weighted by Gasteiger charge is -2.34. The Hall–Kier alpha value is -2.71. The fraction of sp³-hybridized carbons (Fsp3) is 0.615. The minimum Gasteiger partial charge on any atom is -0.453 e. The van der Waals surface area contributed by atoms with E-state index in [1.165, 1.54) is 25.5 Å². The summed E-state index contributed by atoms with van der Waals surface area (Å²) in [6, 6.07) is 10.7. The number of benzene rings is 1. The first kappa shape index (κ1) is 30.5. The van der Waals surface area contributed by atoms with Crippen LogP contribution >= 0.6 is 0 Å². The van der Waals surface area contributed by atoms with Gasteiger partial charge in [0.2, 0.25) is 5.91 Å². The quantitative estimate of drug-likeness (QED) is 0.274. The van der Waals surface area contributed by atoms with Crippen LogP contribution in [0.15, 0.2) is 29.3 Å². The highest BCUT2D eigenvalue weighted by atomic mass is 32.2. The summed E-state index contributed by atoms with van der Waals surface area (Å²) in [5, 5.41) is 14.8. The molecule has 1 aliphatic rings. The van der Waals surface area contributed by atoms with E-state index in [1.54, 1.807) is 38.1 Å². The lowest BCUT2D eigenvalue weighted by Crippen LogP contribution is -2.48. The van der Waals surface area contributed by atoms with Gasteiger partial charge in [0.15, 0.2) is 0 Å². The summed E-state index contributed by atoms with van der Waals surface area (Å²) >= 11 is 0.